The van der Waals surface area contributed by atoms with Crippen LogP contribution in [0.3, 0.4) is 0 Å². The number of piperidine rings is 1. The van der Waals surface area contributed by atoms with Crippen molar-refractivity contribution >= 4 is 32.6 Å². The van der Waals surface area contributed by atoms with Gasteiger partial charge in [-0.3, -0.25) is 14.5 Å². The van der Waals surface area contributed by atoms with E-state index in [0.717, 1.165) is 19.3 Å². The lowest BCUT2D eigenvalue weighted by Crippen LogP contribution is -2.51. The molecule has 2 aromatic carbocycles. The minimum absolute atomic E-state index is 0.188. The first-order chi connectivity index (χ1) is 16.7. The average molecular weight is 499 g/mol. The molecule has 3 rings (SSSR count). The molecule has 1 saturated heterocycles. The second-order valence-electron chi connectivity index (χ2n) is 8.80. The fourth-order valence-corrected chi connectivity index (χ4v) is 5.66. The molecule has 0 bridgehead atoms. The van der Waals surface area contributed by atoms with Crippen LogP contribution in [0.2, 0.25) is 0 Å². The van der Waals surface area contributed by atoms with E-state index in [9.17, 15) is 18.0 Å². The zero-order valence-corrected chi connectivity index (χ0v) is 21.4. The minimum Gasteiger partial charge on any atom is -0.346 e. The molecule has 0 aliphatic carbocycles. The van der Waals surface area contributed by atoms with Gasteiger partial charge in [-0.05, 0) is 43.0 Å². The lowest BCUT2D eigenvalue weighted by atomic mass is 9.96. The van der Waals surface area contributed by atoms with Gasteiger partial charge in [0.15, 0.2) is 0 Å². The van der Waals surface area contributed by atoms with Crippen LogP contribution in [0.5, 0.6) is 0 Å². The molecule has 9 heteroatoms. The summed E-state index contributed by atoms with van der Waals surface area (Å²) in [5.74, 6) is 4.50. The first-order valence-corrected chi connectivity index (χ1v) is 13.7. The van der Waals surface area contributed by atoms with E-state index in [-0.39, 0.29) is 37.6 Å². The lowest BCUT2D eigenvalue weighted by Gasteiger charge is -2.39. The number of nitrogens with zero attached hydrogens (tertiary/aromatic N) is 2. The van der Waals surface area contributed by atoms with Gasteiger partial charge in [0.05, 0.1) is 25.9 Å². The van der Waals surface area contributed by atoms with Crippen LogP contribution in [0, 0.1) is 11.8 Å². The number of sulfonamides is 1. The molecule has 1 aliphatic heterocycles. The standard InChI is InChI=1S/C26H34N4O4S/c1-4-5-15-27-25(31)18-28-26(32)19-30(35(3,33)34)22-13-16-29(17-14-22)20(2)23-12-8-10-21-9-6-7-11-24(21)23/h6-12,20,22H,13-19H2,1-3H3,(H,27,31)(H,28,32). The van der Waals surface area contributed by atoms with Crippen LogP contribution in [0.15, 0.2) is 42.5 Å². The highest BCUT2D eigenvalue weighted by molar-refractivity contribution is 7.88. The molecule has 0 radical (unpaired) electrons. The van der Waals surface area contributed by atoms with Crippen molar-refractivity contribution in [2.24, 2.45) is 0 Å². The third kappa shape index (κ3) is 7.28. The SMILES string of the molecule is CC#CCNC(=O)CNC(=O)CN(C1CCN(C(C)c2cccc3ccccc23)CC1)S(C)(=O)=O. The van der Waals surface area contributed by atoms with E-state index in [2.05, 4.69) is 64.6 Å². The fourth-order valence-electron chi connectivity index (χ4n) is 4.56. The Morgan fingerprint density at radius 3 is 2.46 bits per heavy atom. The van der Waals surface area contributed by atoms with Gasteiger partial charge in [-0.25, -0.2) is 8.42 Å². The van der Waals surface area contributed by atoms with E-state index in [4.69, 9.17) is 0 Å². The predicted octanol–water partition coefficient (Wildman–Crippen LogP) is 1.88. The summed E-state index contributed by atoms with van der Waals surface area (Å²) in [6.45, 7) is 4.99. The monoisotopic (exact) mass is 498 g/mol. The highest BCUT2D eigenvalue weighted by Crippen LogP contribution is 2.31. The molecule has 2 N–H and O–H groups in total. The molecule has 0 saturated carbocycles. The van der Waals surface area contributed by atoms with Gasteiger partial charge in [0.25, 0.3) is 0 Å². The Bertz CT molecular complexity index is 1210. The number of carbonyl (C=O) groups excluding carboxylic acids is 2. The molecular weight excluding hydrogens is 464 g/mol. The number of nitrogens with one attached hydrogen (secondary N) is 2. The van der Waals surface area contributed by atoms with Crippen LogP contribution in [0.25, 0.3) is 10.8 Å². The third-order valence-electron chi connectivity index (χ3n) is 6.45. The number of likely N-dealkylation sites (tertiary alicyclic amines) is 1. The average Bonchev–Trinajstić information content (AvgIpc) is 2.85. The van der Waals surface area contributed by atoms with Crippen LogP contribution in [0.4, 0.5) is 0 Å². The maximum absolute atomic E-state index is 12.5. The predicted molar refractivity (Wildman–Crippen MR) is 138 cm³/mol. The summed E-state index contributed by atoms with van der Waals surface area (Å²) in [6.07, 6.45) is 2.39. The van der Waals surface area contributed by atoms with Crippen molar-refractivity contribution in [3.63, 3.8) is 0 Å². The van der Waals surface area contributed by atoms with Gasteiger partial charge >= 0.3 is 0 Å². The smallest absolute Gasteiger partial charge is 0.240 e. The van der Waals surface area contributed by atoms with E-state index in [0.29, 0.717) is 12.8 Å². The minimum atomic E-state index is -3.60. The van der Waals surface area contributed by atoms with Crippen LogP contribution < -0.4 is 10.6 Å². The highest BCUT2D eigenvalue weighted by atomic mass is 32.2. The van der Waals surface area contributed by atoms with Crippen LogP contribution >= 0.6 is 0 Å². The maximum Gasteiger partial charge on any atom is 0.240 e. The zero-order chi connectivity index (χ0) is 25.4. The number of benzene rings is 2. The zero-order valence-electron chi connectivity index (χ0n) is 20.6. The van der Waals surface area contributed by atoms with Gasteiger partial charge in [0.2, 0.25) is 21.8 Å². The lowest BCUT2D eigenvalue weighted by molar-refractivity contribution is -0.126. The summed E-state index contributed by atoms with van der Waals surface area (Å²) < 4.78 is 26.3. The Hall–Kier alpha value is -2.93. The Kier molecular flexibility index (Phi) is 9.26. The molecule has 188 valence electrons. The van der Waals surface area contributed by atoms with Crippen molar-refractivity contribution in [1.82, 2.24) is 19.8 Å². The summed E-state index contributed by atoms with van der Waals surface area (Å²) >= 11 is 0. The first kappa shape index (κ1) is 26.7. The Morgan fingerprint density at radius 1 is 1.09 bits per heavy atom. The number of hydrogen-bond acceptors (Lipinski definition) is 5. The number of fused-ring (bicyclic) bond motifs is 1. The van der Waals surface area contributed by atoms with Crippen molar-refractivity contribution in [3.8, 4) is 11.8 Å². The van der Waals surface area contributed by atoms with Gasteiger partial charge in [0.1, 0.15) is 0 Å². The Balaban J connectivity index is 1.59. The number of carbonyl (C=O) groups is 2. The van der Waals surface area contributed by atoms with Crippen molar-refractivity contribution in [1.29, 1.82) is 0 Å². The van der Waals surface area contributed by atoms with Crippen molar-refractivity contribution in [2.75, 3.05) is 39.0 Å². The van der Waals surface area contributed by atoms with Gasteiger partial charge in [-0.2, -0.15) is 4.31 Å². The third-order valence-corrected chi connectivity index (χ3v) is 7.73. The van der Waals surface area contributed by atoms with Gasteiger partial charge in [0, 0.05) is 25.2 Å². The fraction of sp³-hybridized carbons (Fsp3) is 0.462. The topological polar surface area (TPSA) is 98.8 Å². The molecule has 2 aromatic rings. The molecule has 8 nitrogen and oxygen atoms in total. The quantitative estimate of drug-likeness (QED) is 0.515. The van der Waals surface area contributed by atoms with Gasteiger partial charge < -0.3 is 10.6 Å². The Labute approximate surface area is 208 Å². The van der Waals surface area contributed by atoms with Crippen molar-refractivity contribution in [3.05, 3.63) is 48.0 Å². The van der Waals surface area contributed by atoms with Crippen LogP contribution in [-0.2, 0) is 19.6 Å². The largest absolute Gasteiger partial charge is 0.346 e. The van der Waals surface area contributed by atoms with Crippen LogP contribution in [0.1, 0.15) is 38.3 Å². The molecule has 0 spiro atoms. The van der Waals surface area contributed by atoms with E-state index in [1.54, 1.807) is 6.92 Å². The maximum atomic E-state index is 12.5. The molecule has 0 aromatic heterocycles. The summed E-state index contributed by atoms with van der Waals surface area (Å²) in [5, 5.41) is 7.49. The normalized spacial score (nSPS) is 15.9. The van der Waals surface area contributed by atoms with Gasteiger partial charge in [-0.15, -0.1) is 5.92 Å². The van der Waals surface area contributed by atoms with E-state index in [1.807, 2.05) is 12.1 Å². The number of hydrogen-bond donors (Lipinski definition) is 2. The molecule has 35 heavy (non-hydrogen) atoms. The second kappa shape index (κ2) is 12.2. The van der Waals surface area contributed by atoms with Crippen molar-refractivity contribution < 1.29 is 18.0 Å². The molecule has 1 fully saturated rings. The molecule has 1 unspecified atom stereocenters. The Morgan fingerprint density at radius 2 is 1.77 bits per heavy atom. The summed E-state index contributed by atoms with van der Waals surface area (Å²) in [4.78, 5) is 26.6. The van der Waals surface area contributed by atoms with Crippen molar-refractivity contribution in [2.45, 2.75) is 38.8 Å². The van der Waals surface area contributed by atoms with E-state index < -0.39 is 15.9 Å². The van der Waals surface area contributed by atoms with E-state index in [1.165, 1.54) is 20.6 Å². The summed E-state index contributed by atoms with van der Waals surface area (Å²) in [5.41, 5.74) is 1.25. The van der Waals surface area contributed by atoms with Gasteiger partial charge in [-0.1, -0.05) is 48.4 Å². The number of rotatable bonds is 9. The number of amides is 2. The summed E-state index contributed by atoms with van der Waals surface area (Å²) in [7, 11) is -3.60. The molecule has 2 amide bonds. The van der Waals surface area contributed by atoms with E-state index >= 15 is 0 Å². The molecule has 1 atom stereocenters. The summed E-state index contributed by atoms with van der Waals surface area (Å²) in [6, 6.07) is 14.6. The first-order valence-electron chi connectivity index (χ1n) is 11.8. The molecular formula is C26H34N4O4S. The second-order valence-corrected chi connectivity index (χ2v) is 10.7. The molecule has 1 heterocycles. The molecule has 1 aliphatic rings. The van der Waals surface area contributed by atoms with Crippen LogP contribution in [-0.4, -0.2) is 74.5 Å². The highest BCUT2D eigenvalue weighted by Gasteiger charge is 2.33.